The molecule has 8 nitrogen and oxygen atoms in total. The van der Waals surface area contributed by atoms with Crippen molar-refractivity contribution in [2.75, 3.05) is 0 Å². The number of aromatic nitrogens is 8. The van der Waals surface area contributed by atoms with Gasteiger partial charge >= 0.3 is 0 Å². The second kappa shape index (κ2) is 11.7. The van der Waals surface area contributed by atoms with Crippen molar-refractivity contribution in [1.82, 2.24) is 38.7 Å². The molecule has 0 atom stereocenters. The van der Waals surface area contributed by atoms with Gasteiger partial charge in [-0.25, -0.2) is 4.98 Å². The first-order valence-electron chi connectivity index (χ1n) is 19.4. The first-order chi connectivity index (χ1) is 28.8. The smallest absolute Gasteiger partial charge is 0.206 e. The molecule has 270 valence electrons. The van der Waals surface area contributed by atoms with E-state index in [-0.39, 0.29) is 0 Å². The van der Waals surface area contributed by atoms with Crippen molar-refractivity contribution in [3.63, 3.8) is 0 Å². The standard InChI is InChI=1S/C50H30N8/c1-6-16-42-35(11-1)36-12-2-7-17-43(36)56(42)33-25-27-46-39(29-33)40-30-34(57-44-18-8-3-13-37(44)38-14-4-9-19-45(38)57)26-28-47(40)55(46)32-23-21-31(22-24-32)49-50-52-53-54-58(50)48-20-10-5-15-41(48)51-49/h1-30H. The van der Waals surface area contributed by atoms with Crippen LogP contribution in [-0.2, 0) is 0 Å². The van der Waals surface area contributed by atoms with Crippen molar-refractivity contribution in [2.45, 2.75) is 0 Å². The van der Waals surface area contributed by atoms with Crippen LogP contribution >= 0.6 is 0 Å². The molecule has 8 heteroatoms. The summed E-state index contributed by atoms with van der Waals surface area (Å²) in [4.78, 5) is 5.02. The summed E-state index contributed by atoms with van der Waals surface area (Å²) in [5.41, 5.74) is 14.3. The van der Waals surface area contributed by atoms with Crippen LogP contribution in [0.15, 0.2) is 182 Å². The molecule has 13 aromatic rings. The Morgan fingerprint density at radius 1 is 0.345 bits per heavy atom. The van der Waals surface area contributed by atoms with E-state index in [0.717, 1.165) is 50.4 Å². The van der Waals surface area contributed by atoms with Crippen molar-refractivity contribution in [3.05, 3.63) is 182 Å². The number of para-hydroxylation sites is 6. The number of hydrogen-bond donors (Lipinski definition) is 0. The molecule has 0 aliphatic carbocycles. The number of rotatable bonds is 4. The SMILES string of the molecule is c1ccc2c(c1)nc(-c1ccc(-n3c4ccc(-n5c6ccccc6c6ccccc65)cc4c4cc(-n5c6ccccc6c6ccccc65)ccc43)cc1)c1nnnn12. The van der Waals surface area contributed by atoms with E-state index in [1.54, 1.807) is 4.52 Å². The molecule has 0 radical (unpaired) electrons. The highest BCUT2D eigenvalue weighted by Crippen LogP contribution is 2.40. The molecule has 0 fully saturated rings. The van der Waals surface area contributed by atoms with Gasteiger partial charge < -0.3 is 13.7 Å². The Morgan fingerprint density at radius 2 is 0.759 bits per heavy atom. The zero-order chi connectivity index (χ0) is 37.9. The van der Waals surface area contributed by atoms with Gasteiger partial charge in [-0.2, -0.15) is 4.52 Å². The summed E-state index contributed by atoms with van der Waals surface area (Å²) in [5, 5.41) is 20.0. The third-order valence-electron chi connectivity index (χ3n) is 11.8. The number of hydrogen-bond acceptors (Lipinski definition) is 4. The third kappa shape index (κ3) is 4.28. The molecule has 0 saturated carbocycles. The summed E-state index contributed by atoms with van der Waals surface area (Å²) >= 11 is 0. The van der Waals surface area contributed by atoms with Crippen molar-refractivity contribution in [1.29, 1.82) is 0 Å². The fraction of sp³-hybridized carbons (Fsp3) is 0. The Bertz CT molecular complexity index is 3530. The van der Waals surface area contributed by atoms with Gasteiger partial charge in [0, 0.05) is 54.9 Å². The van der Waals surface area contributed by atoms with Crippen LogP contribution in [0.25, 0.3) is 110 Å². The Kier molecular flexibility index (Phi) is 6.29. The minimum Gasteiger partial charge on any atom is -0.309 e. The molecule has 0 N–H and O–H groups in total. The Labute approximate surface area is 330 Å². The van der Waals surface area contributed by atoms with E-state index in [9.17, 15) is 0 Å². The largest absolute Gasteiger partial charge is 0.309 e. The van der Waals surface area contributed by atoms with Gasteiger partial charge in [0.1, 0.15) is 5.69 Å². The van der Waals surface area contributed by atoms with Gasteiger partial charge in [-0.05, 0) is 95.4 Å². The maximum absolute atomic E-state index is 5.02. The number of benzene rings is 8. The van der Waals surface area contributed by atoms with Gasteiger partial charge in [0.2, 0.25) is 5.65 Å². The number of fused-ring (bicyclic) bond motifs is 12. The maximum atomic E-state index is 5.02. The molecule has 5 aromatic heterocycles. The molecule has 8 aromatic carbocycles. The van der Waals surface area contributed by atoms with Crippen LogP contribution in [0.5, 0.6) is 0 Å². The lowest BCUT2D eigenvalue weighted by Gasteiger charge is -2.12. The fourth-order valence-corrected chi connectivity index (χ4v) is 9.32. The second-order valence-electron chi connectivity index (χ2n) is 14.9. The number of nitrogens with zero attached hydrogens (tertiary/aromatic N) is 8. The highest BCUT2D eigenvalue weighted by molar-refractivity contribution is 6.14. The quantitative estimate of drug-likeness (QED) is 0.180. The van der Waals surface area contributed by atoms with Crippen LogP contribution in [-0.4, -0.2) is 38.7 Å². The second-order valence-corrected chi connectivity index (χ2v) is 14.9. The number of tetrazole rings is 1. The fourth-order valence-electron chi connectivity index (χ4n) is 9.32. The minimum absolute atomic E-state index is 0.624. The molecule has 0 bridgehead atoms. The molecule has 0 aliphatic rings. The summed E-state index contributed by atoms with van der Waals surface area (Å²) in [6, 6.07) is 65.1. The van der Waals surface area contributed by atoms with Gasteiger partial charge in [0.25, 0.3) is 0 Å². The molecule has 58 heavy (non-hydrogen) atoms. The van der Waals surface area contributed by atoms with Gasteiger partial charge in [0.05, 0.1) is 44.1 Å². The lowest BCUT2D eigenvalue weighted by Crippen LogP contribution is -1.98. The zero-order valence-corrected chi connectivity index (χ0v) is 30.9. The molecular formula is C50H30N8. The van der Waals surface area contributed by atoms with Crippen LogP contribution in [0.3, 0.4) is 0 Å². The van der Waals surface area contributed by atoms with Gasteiger partial charge in [0.15, 0.2) is 0 Å². The predicted molar refractivity (Wildman–Crippen MR) is 235 cm³/mol. The van der Waals surface area contributed by atoms with Gasteiger partial charge in [-0.1, -0.05) is 97.1 Å². The summed E-state index contributed by atoms with van der Waals surface area (Å²) < 4.78 is 8.94. The lowest BCUT2D eigenvalue weighted by atomic mass is 10.1. The van der Waals surface area contributed by atoms with E-state index < -0.39 is 0 Å². The van der Waals surface area contributed by atoms with E-state index >= 15 is 0 Å². The normalized spacial score (nSPS) is 12.1. The van der Waals surface area contributed by atoms with Crippen LogP contribution in [0, 0.1) is 0 Å². The van der Waals surface area contributed by atoms with E-state index in [1.165, 1.54) is 54.4 Å². The minimum atomic E-state index is 0.624. The molecule has 5 heterocycles. The van der Waals surface area contributed by atoms with Crippen molar-refractivity contribution in [2.24, 2.45) is 0 Å². The van der Waals surface area contributed by atoms with Gasteiger partial charge in [-0.3, -0.25) is 0 Å². The first-order valence-corrected chi connectivity index (χ1v) is 19.4. The van der Waals surface area contributed by atoms with E-state index in [1.807, 2.05) is 24.3 Å². The Morgan fingerprint density at radius 3 is 1.28 bits per heavy atom. The monoisotopic (exact) mass is 742 g/mol. The van der Waals surface area contributed by atoms with Crippen molar-refractivity contribution in [3.8, 4) is 28.3 Å². The average molecular weight is 743 g/mol. The summed E-state index contributed by atoms with van der Waals surface area (Å²) in [5.74, 6) is 0. The van der Waals surface area contributed by atoms with Gasteiger partial charge in [-0.15, -0.1) is 5.10 Å². The molecule has 13 rings (SSSR count). The highest BCUT2D eigenvalue weighted by Gasteiger charge is 2.20. The van der Waals surface area contributed by atoms with Crippen molar-refractivity contribution >= 4 is 82.1 Å². The van der Waals surface area contributed by atoms with Crippen LogP contribution < -0.4 is 0 Å². The Balaban J connectivity index is 1.06. The first kappa shape index (κ1) is 31.1. The van der Waals surface area contributed by atoms with E-state index in [0.29, 0.717) is 5.65 Å². The summed E-state index contributed by atoms with van der Waals surface area (Å²) in [6.07, 6.45) is 0. The maximum Gasteiger partial charge on any atom is 0.206 e. The third-order valence-corrected chi connectivity index (χ3v) is 11.8. The highest BCUT2D eigenvalue weighted by atomic mass is 15.5. The molecule has 0 saturated heterocycles. The van der Waals surface area contributed by atoms with Crippen molar-refractivity contribution < 1.29 is 0 Å². The zero-order valence-electron chi connectivity index (χ0n) is 30.9. The molecular weight excluding hydrogens is 713 g/mol. The van der Waals surface area contributed by atoms with E-state index in [2.05, 4.69) is 187 Å². The topological polar surface area (TPSA) is 70.8 Å². The van der Waals surface area contributed by atoms with Crippen LogP contribution in [0.1, 0.15) is 0 Å². The van der Waals surface area contributed by atoms with E-state index in [4.69, 9.17) is 4.98 Å². The lowest BCUT2D eigenvalue weighted by molar-refractivity contribution is 0.841. The Hall–Kier alpha value is -8.10. The predicted octanol–water partition coefficient (Wildman–Crippen LogP) is 11.6. The molecule has 0 amide bonds. The van der Waals surface area contributed by atoms with Crippen LogP contribution in [0.2, 0.25) is 0 Å². The average Bonchev–Trinajstić information content (AvgIpc) is 4.06. The molecule has 0 aliphatic heterocycles. The molecule has 0 unspecified atom stereocenters. The van der Waals surface area contributed by atoms with Crippen LogP contribution in [0.4, 0.5) is 0 Å². The summed E-state index contributed by atoms with van der Waals surface area (Å²) in [6.45, 7) is 0. The molecule has 0 spiro atoms. The summed E-state index contributed by atoms with van der Waals surface area (Å²) in [7, 11) is 0.